The number of aliphatic hydroxyl groups is 6. The Labute approximate surface area is 221 Å². The number of aliphatic hydroxyl groups excluding tert-OH is 6. The molecule has 0 amide bonds. The molecule has 9 N–H and O–H groups in total. The van der Waals surface area contributed by atoms with Gasteiger partial charge in [-0.1, -0.05) is 0 Å². The van der Waals surface area contributed by atoms with Crippen LogP contribution in [-0.4, -0.2) is 120 Å². The first-order valence-corrected chi connectivity index (χ1v) is 12.0. The van der Waals surface area contributed by atoms with Crippen molar-refractivity contribution in [2.24, 2.45) is 0 Å². The Kier molecular flexibility index (Phi) is 8.60. The molecular weight excluding hydrogens is 524 g/mol. The Bertz CT molecular complexity index is 1150. The van der Waals surface area contributed by atoms with E-state index >= 15 is 0 Å². The van der Waals surface area contributed by atoms with Gasteiger partial charge in [-0.2, -0.15) is 0 Å². The molecule has 0 bridgehead atoms. The normalized spacial score (nSPS) is 34.9. The van der Waals surface area contributed by atoms with Crippen LogP contribution in [0.1, 0.15) is 22.8 Å². The van der Waals surface area contributed by atoms with Crippen LogP contribution in [0.2, 0.25) is 0 Å². The molecule has 14 heteroatoms. The first-order chi connectivity index (χ1) is 18.4. The van der Waals surface area contributed by atoms with E-state index in [1.807, 2.05) is 0 Å². The molecule has 2 aromatic rings. The average Bonchev–Trinajstić information content (AvgIpc) is 2.89. The van der Waals surface area contributed by atoms with E-state index in [9.17, 15) is 50.8 Å². The first-order valence-electron chi connectivity index (χ1n) is 12.0. The number of benzene rings is 2. The second kappa shape index (κ2) is 11.6. The molecule has 0 unspecified atom stereocenters. The molecule has 0 radical (unpaired) electrons. The predicted octanol–water partition coefficient (Wildman–Crippen LogP) is -1.94. The highest BCUT2D eigenvalue weighted by atomic mass is 16.7. The molecule has 2 aliphatic heterocycles. The van der Waals surface area contributed by atoms with Crippen LogP contribution in [0.4, 0.5) is 0 Å². The number of hydrogen-bond acceptors (Lipinski definition) is 14. The van der Waals surface area contributed by atoms with Crippen LogP contribution in [0.15, 0.2) is 36.4 Å². The highest BCUT2D eigenvalue weighted by Crippen LogP contribution is 2.37. The molecule has 2 fully saturated rings. The number of carbonyl (C=O) groups is 1. The zero-order valence-corrected chi connectivity index (χ0v) is 20.5. The number of ether oxygens (including phenoxy) is 4. The molecule has 0 spiro atoms. The van der Waals surface area contributed by atoms with E-state index in [1.165, 1.54) is 31.2 Å². The first kappa shape index (κ1) is 28.9. The van der Waals surface area contributed by atoms with E-state index in [0.717, 1.165) is 12.1 Å². The lowest BCUT2D eigenvalue weighted by Gasteiger charge is -2.45. The maximum atomic E-state index is 13.1. The number of ketones is 1. The van der Waals surface area contributed by atoms with E-state index in [2.05, 4.69) is 0 Å². The van der Waals surface area contributed by atoms with Gasteiger partial charge in [-0.3, -0.25) is 4.79 Å². The van der Waals surface area contributed by atoms with Crippen LogP contribution in [0.3, 0.4) is 0 Å². The Balaban J connectivity index is 1.53. The summed E-state index contributed by atoms with van der Waals surface area (Å²) in [6.45, 7) is 0.715. The molecule has 2 aromatic carbocycles. The van der Waals surface area contributed by atoms with Gasteiger partial charge in [0, 0.05) is 17.7 Å². The van der Waals surface area contributed by atoms with Crippen LogP contribution in [0.5, 0.6) is 23.0 Å². The van der Waals surface area contributed by atoms with Gasteiger partial charge in [-0.05, 0) is 31.2 Å². The number of carbonyl (C=O) groups excluding carboxylic acids is 1. The summed E-state index contributed by atoms with van der Waals surface area (Å²) in [4.78, 5) is 13.1. The van der Waals surface area contributed by atoms with Crippen LogP contribution >= 0.6 is 0 Å². The molecular formula is C25H30O14. The number of phenolic OH excluding ortho intramolecular Hbond substituents is 3. The van der Waals surface area contributed by atoms with Gasteiger partial charge in [0.1, 0.15) is 71.3 Å². The Morgan fingerprint density at radius 3 is 2.10 bits per heavy atom. The van der Waals surface area contributed by atoms with Crippen LogP contribution in [0.25, 0.3) is 0 Å². The van der Waals surface area contributed by atoms with Crippen molar-refractivity contribution in [2.45, 2.75) is 68.3 Å². The molecule has 2 saturated heterocycles. The fourth-order valence-corrected chi connectivity index (χ4v) is 4.42. The predicted molar refractivity (Wildman–Crippen MR) is 127 cm³/mol. The summed E-state index contributed by atoms with van der Waals surface area (Å²) in [5, 5.41) is 90.9. The van der Waals surface area contributed by atoms with Gasteiger partial charge >= 0.3 is 0 Å². The van der Waals surface area contributed by atoms with Gasteiger partial charge in [0.05, 0.1) is 12.7 Å². The van der Waals surface area contributed by atoms with Crippen molar-refractivity contribution in [1.29, 1.82) is 0 Å². The minimum atomic E-state index is -1.84. The fraction of sp³-hybridized carbons (Fsp3) is 0.480. The van der Waals surface area contributed by atoms with E-state index in [-0.39, 0.29) is 17.1 Å². The molecule has 14 nitrogen and oxygen atoms in total. The van der Waals surface area contributed by atoms with E-state index in [1.54, 1.807) is 0 Å². The van der Waals surface area contributed by atoms with E-state index < -0.39 is 90.9 Å². The van der Waals surface area contributed by atoms with Gasteiger partial charge in [0.2, 0.25) is 12.1 Å². The zero-order chi connectivity index (χ0) is 28.6. The van der Waals surface area contributed by atoms with E-state index in [4.69, 9.17) is 18.9 Å². The van der Waals surface area contributed by atoms with Gasteiger partial charge in [0.25, 0.3) is 0 Å². The monoisotopic (exact) mass is 554 g/mol. The highest BCUT2D eigenvalue weighted by Gasteiger charge is 2.50. The van der Waals surface area contributed by atoms with Gasteiger partial charge in [-0.15, -0.1) is 0 Å². The average molecular weight is 555 g/mol. The maximum absolute atomic E-state index is 13.1. The summed E-state index contributed by atoms with van der Waals surface area (Å²) in [5.41, 5.74) is -0.332. The van der Waals surface area contributed by atoms with Crippen molar-refractivity contribution >= 4 is 5.78 Å². The second-order valence-corrected chi connectivity index (χ2v) is 9.32. The number of phenols is 3. The fourth-order valence-electron chi connectivity index (χ4n) is 4.42. The Hall–Kier alpha value is -3.05. The standard InChI is InChI=1S/C25H30O14/c1-9-23(39-25-21(34)19(32)18(31)15(8-26)38-25)20(33)22(35)24(36-9)37-14-7-12(28)6-13(29)16(14)17(30)10-2-4-11(27)5-3-10/h2-7,9,15,18-29,31-35H,8H2,1H3/t9-,15+,18-,19-,20-,21+,22+,23-,24-,25-/m0/s1. The molecule has 0 aromatic heterocycles. The summed E-state index contributed by atoms with van der Waals surface area (Å²) < 4.78 is 22.1. The van der Waals surface area contributed by atoms with Crippen molar-refractivity contribution in [3.05, 3.63) is 47.5 Å². The third-order valence-corrected chi connectivity index (χ3v) is 6.58. The minimum absolute atomic E-state index is 0.0603. The Morgan fingerprint density at radius 1 is 0.821 bits per heavy atom. The van der Waals surface area contributed by atoms with Crippen molar-refractivity contribution in [3.63, 3.8) is 0 Å². The number of aromatic hydroxyl groups is 3. The second-order valence-electron chi connectivity index (χ2n) is 9.32. The van der Waals surface area contributed by atoms with Crippen molar-refractivity contribution in [1.82, 2.24) is 0 Å². The quantitative estimate of drug-likeness (QED) is 0.169. The topological polar surface area (TPSA) is 236 Å². The summed E-state index contributed by atoms with van der Waals surface area (Å²) >= 11 is 0. The minimum Gasteiger partial charge on any atom is -0.508 e. The van der Waals surface area contributed by atoms with Gasteiger partial charge in [-0.25, -0.2) is 0 Å². The summed E-state index contributed by atoms with van der Waals surface area (Å²) in [6, 6.07) is 7.01. The van der Waals surface area contributed by atoms with Crippen LogP contribution in [0, 0.1) is 0 Å². The van der Waals surface area contributed by atoms with Gasteiger partial charge < -0.3 is 64.9 Å². The van der Waals surface area contributed by atoms with Gasteiger partial charge in [0.15, 0.2) is 6.29 Å². The molecule has 0 aliphatic carbocycles. The molecule has 2 heterocycles. The SMILES string of the molecule is C[C@@H]1O[C@@H](Oc2cc(O)cc(O)c2C(=O)c2ccc(O)cc2)[C@H](O)[C@H](O)[C@H]1O[C@@H]1O[C@H](CO)[C@H](O)[C@H](O)[C@H]1O. The summed E-state index contributed by atoms with van der Waals surface area (Å²) in [6.07, 6.45) is -15.7. The zero-order valence-electron chi connectivity index (χ0n) is 20.5. The highest BCUT2D eigenvalue weighted by molar-refractivity contribution is 6.12. The lowest BCUT2D eigenvalue weighted by molar-refractivity contribution is -0.348. The van der Waals surface area contributed by atoms with Crippen molar-refractivity contribution < 1.29 is 69.7 Å². The van der Waals surface area contributed by atoms with Crippen LogP contribution in [-0.2, 0) is 14.2 Å². The molecule has 10 atom stereocenters. The largest absolute Gasteiger partial charge is 0.508 e. The third kappa shape index (κ3) is 5.79. The summed E-state index contributed by atoms with van der Waals surface area (Å²) in [7, 11) is 0. The van der Waals surface area contributed by atoms with E-state index in [0.29, 0.717) is 0 Å². The molecule has 4 rings (SSSR count). The number of rotatable bonds is 7. The van der Waals surface area contributed by atoms with Crippen molar-refractivity contribution in [2.75, 3.05) is 6.61 Å². The Morgan fingerprint density at radius 2 is 1.46 bits per heavy atom. The van der Waals surface area contributed by atoms with Crippen molar-refractivity contribution in [3.8, 4) is 23.0 Å². The number of hydrogen-bond donors (Lipinski definition) is 9. The smallest absolute Gasteiger partial charge is 0.229 e. The lowest BCUT2D eigenvalue weighted by atomic mass is 9.97. The molecule has 0 saturated carbocycles. The molecule has 214 valence electrons. The lowest BCUT2D eigenvalue weighted by Crippen LogP contribution is -2.64. The molecule has 2 aliphatic rings. The third-order valence-electron chi connectivity index (χ3n) is 6.58. The molecule has 39 heavy (non-hydrogen) atoms. The summed E-state index contributed by atoms with van der Waals surface area (Å²) in [5.74, 6) is -2.36. The van der Waals surface area contributed by atoms with Crippen LogP contribution < -0.4 is 4.74 Å². The maximum Gasteiger partial charge on any atom is 0.229 e.